The number of carboxylic acids is 1. The number of rotatable bonds is 3. The van der Waals surface area contributed by atoms with Gasteiger partial charge in [-0.25, -0.2) is 9.48 Å². The molecule has 3 rings (SSSR count). The van der Waals surface area contributed by atoms with Crippen LogP contribution in [0.5, 0.6) is 5.75 Å². The number of aromatic nitrogens is 2. The lowest BCUT2D eigenvalue weighted by Gasteiger charge is -2.09. The highest BCUT2D eigenvalue weighted by molar-refractivity contribution is 5.89. The molecule has 0 aliphatic rings. The van der Waals surface area contributed by atoms with Crippen molar-refractivity contribution >= 4 is 5.97 Å². The van der Waals surface area contributed by atoms with Gasteiger partial charge in [0.1, 0.15) is 5.75 Å². The number of aromatic hydroxyl groups is 1. The minimum absolute atomic E-state index is 0.0435. The summed E-state index contributed by atoms with van der Waals surface area (Å²) in [6.45, 7) is 0. The summed E-state index contributed by atoms with van der Waals surface area (Å²) in [5, 5.41) is 23.3. The summed E-state index contributed by atoms with van der Waals surface area (Å²) in [5.41, 5.74) is 2.12. The molecule has 1 aromatic heterocycles. The zero-order valence-corrected chi connectivity index (χ0v) is 11.0. The zero-order chi connectivity index (χ0) is 14.8. The second-order valence-corrected chi connectivity index (χ2v) is 4.50. The Hall–Kier alpha value is -3.08. The average Bonchev–Trinajstić information content (AvgIpc) is 2.97. The van der Waals surface area contributed by atoms with Gasteiger partial charge in [0.15, 0.2) is 0 Å². The molecule has 0 saturated heterocycles. The summed E-state index contributed by atoms with van der Waals surface area (Å²) in [7, 11) is 0. The molecule has 0 aliphatic heterocycles. The van der Waals surface area contributed by atoms with Crippen molar-refractivity contribution in [1.82, 2.24) is 9.78 Å². The van der Waals surface area contributed by atoms with E-state index in [-0.39, 0.29) is 11.3 Å². The number of phenols is 1. The normalized spacial score (nSPS) is 10.5. The summed E-state index contributed by atoms with van der Waals surface area (Å²) < 4.78 is 1.69. The Morgan fingerprint density at radius 2 is 1.81 bits per heavy atom. The van der Waals surface area contributed by atoms with Gasteiger partial charge in [0.2, 0.25) is 0 Å². The molecule has 5 nitrogen and oxygen atoms in total. The fraction of sp³-hybridized carbons (Fsp3) is 0. The van der Waals surface area contributed by atoms with Crippen molar-refractivity contribution in [2.24, 2.45) is 0 Å². The van der Waals surface area contributed by atoms with Crippen molar-refractivity contribution in [3.8, 4) is 22.7 Å². The fourth-order valence-corrected chi connectivity index (χ4v) is 2.16. The Kier molecular flexibility index (Phi) is 3.16. The van der Waals surface area contributed by atoms with Gasteiger partial charge in [0.25, 0.3) is 0 Å². The maximum Gasteiger partial charge on any atom is 0.335 e. The van der Waals surface area contributed by atoms with Crippen LogP contribution in [-0.4, -0.2) is 26.0 Å². The van der Waals surface area contributed by atoms with Gasteiger partial charge in [-0.15, -0.1) is 0 Å². The highest BCUT2D eigenvalue weighted by atomic mass is 16.4. The lowest BCUT2D eigenvalue weighted by molar-refractivity contribution is 0.0696. The first-order valence-corrected chi connectivity index (χ1v) is 6.33. The molecule has 0 unspecified atom stereocenters. The summed E-state index contributed by atoms with van der Waals surface area (Å²) in [4.78, 5) is 10.9. The Labute approximate surface area is 120 Å². The predicted octanol–water partition coefficient (Wildman–Crippen LogP) is 2.94. The van der Waals surface area contributed by atoms with Gasteiger partial charge in [-0.05, 0) is 36.4 Å². The lowest BCUT2D eigenvalue weighted by Crippen LogP contribution is -2.00. The van der Waals surface area contributed by atoms with Gasteiger partial charge in [0, 0.05) is 5.56 Å². The van der Waals surface area contributed by atoms with Gasteiger partial charge >= 0.3 is 5.97 Å². The zero-order valence-electron chi connectivity index (χ0n) is 11.0. The topological polar surface area (TPSA) is 75.3 Å². The number of para-hydroxylation sites is 1. The number of hydrogen-bond acceptors (Lipinski definition) is 3. The first-order valence-electron chi connectivity index (χ1n) is 6.33. The number of aromatic carboxylic acids is 1. The van der Waals surface area contributed by atoms with Crippen LogP contribution in [0.3, 0.4) is 0 Å². The molecule has 0 bridgehead atoms. The van der Waals surface area contributed by atoms with E-state index in [4.69, 9.17) is 5.11 Å². The Balaban J connectivity index is 2.11. The quantitative estimate of drug-likeness (QED) is 0.773. The Bertz CT molecular complexity index is 794. The van der Waals surface area contributed by atoms with Crippen LogP contribution in [0.1, 0.15) is 10.4 Å². The van der Waals surface area contributed by atoms with Crippen LogP contribution in [0, 0.1) is 0 Å². The van der Waals surface area contributed by atoms with Crippen LogP contribution in [-0.2, 0) is 0 Å². The van der Waals surface area contributed by atoms with Gasteiger partial charge in [-0.2, -0.15) is 5.10 Å². The molecule has 0 atom stereocenters. The molecule has 104 valence electrons. The van der Waals surface area contributed by atoms with E-state index in [1.807, 2.05) is 30.3 Å². The van der Waals surface area contributed by atoms with E-state index in [2.05, 4.69) is 5.10 Å². The Morgan fingerprint density at radius 3 is 2.48 bits per heavy atom. The average molecular weight is 280 g/mol. The highest BCUT2D eigenvalue weighted by Crippen LogP contribution is 2.31. The second kappa shape index (κ2) is 5.13. The summed E-state index contributed by atoms with van der Waals surface area (Å²) in [5.74, 6) is -1.17. The molecule has 3 aromatic rings. The monoisotopic (exact) mass is 280 g/mol. The molecule has 2 N–H and O–H groups in total. The summed E-state index contributed by atoms with van der Waals surface area (Å²) >= 11 is 0. The molecule has 0 radical (unpaired) electrons. The van der Waals surface area contributed by atoms with E-state index in [0.717, 1.165) is 5.69 Å². The maximum absolute atomic E-state index is 10.9. The van der Waals surface area contributed by atoms with E-state index in [1.54, 1.807) is 23.0 Å². The standard InChI is InChI=1S/C16H12N2O3/c19-15-10-11(16(20)21)6-7-13(15)14-8-9-17-18(14)12-4-2-1-3-5-12/h1-10,19H,(H,20,21). The molecule has 0 saturated carbocycles. The molecular weight excluding hydrogens is 268 g/mol. The molecular formula is C16H12N2O3. The largest absolute Gasteiger partial charge is 0.507 e. The Morgan fingerprint density at radius 1 is 1.05 bits per heavy atom. The van der Waals surface area contributed by atoms with E-state index < -0.39 is 5.97 Å². The van der Waals surface area contributed by atoms with Crippen LogP contribution in [0.4, 0.5) is 0 Å². The van der Waals surface area contributed by atoms with Crippen molar-refractivity contribution in [2.45, 2.75) is 0 Å². The number of phenolic OH excluding ortho intramolecular Hbond substituents is 1. The molecule has 21 heavy (non-hydrogen) atoms. The lowest BCUT2D eigenvalue weighted by atomic mass is 10.1. The maximum atomic E-state index is 10.9. The fourth-order valence-electron chi connectivity index (χ4n) is 2.16. The van der Waals surface area contributed by atoms with Crippen LogP contribution in [0.2, 0.25) is 0 Å². The molecule has 1 heterocycles. The van der Waals surface area contributed by atoms with Crippen LogP contribution in [0.25, 0.3) is 16.9 Å². The third kappa shape index (κ3) is 2.36. The van der Waals surface area contributed by atoms with Crippen molar-refractivity contribution in [3.63, 3.8) is 0 Å². The van der Waals surface area contributed by atoms with Crippen molar-refractivity contribution < 1.29 is 15.0 Å². The molecule has 5 heteroatoms. The van der Waals surface area contributed by atoms with Crippen molar-refractivity contribution in [1.29, 1.82) is 0 Å². The molecule has 0 aliphatic carbocycles. The van der Waals surface area contributed by atoms with Gasteiger partial charge in [-0.3, -0.25) is 0 Å². The van der Waals surface area contributed by atoms with Crippen LogP contribution in [0.15, 0.2) is 60.8 Å². The smallest absolute Gasteiger partial charge is 0.335 e. The third-order valence-corrected chi connectivity index (χ3v) is 3.16. The van der Waals surface area contributed by atoms with Crippen molar-refractivity contribution in [3.05, 3.63) is 66.4 Å². The molecule has 0 fully saturated rings. The van der Waals surface area contributed by atoms with E-state index in [9.17, 15) is 9.90 Å². The summed E-state index contributed by atoms with van der Waals surface area (Å²) in [6.07, 6.45) is 1.63. The third-order valence-electron chi connectivity index (χ3n) is 3.16. The SMILES string of the molecule is O=C(O)c1ccc(-c2ccnn2-c2ccccc2)c(O)c1. The van der Waals surface area contributed by atoms with Crippen LogP contribution >= 0.6 is 0 Å². The molecule has 2 aromatic carbocycles. The first kappa shape index (κ1) is 12.9. The number of carbonyl (C=O) groups is 1. The minimum Gasteiger partial charge on any atom is -0.507 e. The van der Waals surface area contributed by atoms with E-state index in [1.165, 1.54) is 12.1 Å². The summed E-state index contributed by atoms with van der Waals surface area (Å²) in [6, 6.07) is 15.5. The van der Waals surface area contributed by atoms with Gasteiger partial charge < -0.3 is 10.2 Å². The van der Waals surface area contributed by atoms with Crippen molar-refractivity contribution in [2.75, 3.05) is 0 Å². The number of carboxylic acid groups (broad SMARTS) is 1. The highest BCUT2D eigenvalue weighted by Gasteiger charge is 2.13. The van der Waals surface area contributed by atoms with Gasteiger partial charge in [-0.1, -0.05) is 18.2 Å². The molecule has 0 spiro atoms. The number of hydrogen-bond donors (Lipinski definition) is 2. The minimum atomic E-state index is -1.08. The van der Waals surface area contributed by atoms with Gasteiger partial charge in [0.05, 0.1) is 23.1 Å². The van der Waals surface area contributed by atoms with E-state index in [0.29, 0.717) is 11.3 Å². The predicted molar refractivity (Wildman–Crippen MR) is 77.6 cm³/mol. The number of nitrogens with zero attached hydrogens (tertiary/aromatic N) is 2. The molecule has 0 amide bonds. The second-order valence-electron chi connectivity index (χ2n) is 4.50. The number of benzene rings is 2. The first-order chi connectivity index (χ1) is 10.2. The van der Waals surface area contributed by atoms with E-state index >= 15 is 0 Å². The van der Waals surface area contributed by atoms with Crippen LogP contribution < -0.4 is 0 Å².